The molecule has 0 spiro atoms. The van der Waals surface area contributed by atoms with E-state index in [2.05, 4.69) is 71.8 Å². The highest BCUT2D eigenvalue weighted by atomic mass is 127. The van der Waals surface area contributed by atoms with Gasteiger partial charge in [-0.3, -0.25) is 9.69 Å². The molecule has 3 heterocycles. The van der Waals surface area contributed by atoms with Crippen molar-refractivity contribution in [2.75, 3.05) is 31.6 Å². The van der Waals surface area contributed by atoms with Crippen LogP contribution in [0.2, 0.25) is 0 Å². The number of amides is 1. The summed E-state index contributed by atoms with van der Waals surface area (Å²) in [5.41, 5.74) is 3.90. The molecule has 174 valence electrons. The quantitative estimate of drug-likeness (QED) is 0.374. The average Bonchev–Trinajstić information content (AvgIpc) is 3.29. The van der Waals surface area contributed by atoms with Gasteiger partial charge in [0, 0.05) is 35.9 Å². The Morgan fingerprint density at radius 3 is 2.62 bits per heavy atom. The number of nitrogens with one attached hydrogen (secondary N) is 1. The maximum atomic E-state index is 13.1. The monoisotopic (exact) mass is 567 g/mol. The van der Waals surface area contributed by atoms with Crippen molar-refractivity contribution in [3.8, 4) is 5.69 Å². The van der Waals surface area contributed by atoms with Crippen molar-refractivity contribution >= 4 is 45.3 Å². The van der Waals surface area contributed by atoms with E-state index < -0.39 is 0 Å². The molecule has 1 aliphatic rings. The first-order valence-corrected chi connectivity index (χ1v) is 12.3. The molecule has 2 aromatic carbocycles. The number of nitrogens with zero attached hydrogens (tertiary/aromatic N) is 6. The summed E-state index contributed by atoms with van der Waals surface area (Å²) in [7, 11) is 2.00. The van der Waals surface area contributed by atoms with Gasteiger partial charge < -0.3 is 10.2 Å². The van der Waals surface area contributed by atoms with Gasteiger partial charge in [-0.15, -0.1) is 5.10 Å². The van der Waals surface area contributed by atoms with E-state index in [0.29, 0.717) is 18.7 Å². The van der Waals surface area contributed by atoms with Crippen molar-refractivity contribution in [2.24, 2.45) is 0 Å². The Bertz CT molecular complexity index is 1300. The Kier molecular flexibility index (Phi) is 6.46. The van der Waals surface area contributed by atoms with Crippen molar-refractivity contribution in [1.29, 1.82) is 0 Å². The number of carbonyl (C=O) groups excluding carboxylic acids is 1. The summed E-state index contributed by atoms with van der Waals surface area (Å²) in [6, 6.07) is 16.1. The average molecular weight is 567 g/mol. The number of benzene rings is 2. The van der Waals surface area contributed by atoms with Gasteiger partial charge >= 0.3 is 0 Å². The molecule has 0 aliphatic carbocycles. The number of aromatic nitrogens is 4. The SMILES string of the molecule is Cc1ccc(-n2cc3c(N4CCN(C)[C@H](C(=O)NCc5ccc(I)cc5)C4)ncnc3n2)cc1. The zero-order valence-electron chi connectivity index (χ0n) is 19.1. The summed E-state index contributed by atoms with van der Waals surface area (Å²) in [5, 5.41) is 8.63. The Labute approximate surface area is 212 Å². The van der Waals surface area contributed by atoms with E-state index >= 15 is 0 Å². The number of anilines is 1. The fourth-order valence-electron chi connectivity index (χ4n) is 4.17. The number of hydrogen-bond donors (Lipinski definition) is 1. The molecule has 1 atom stereocenters. The molecule has 5 rings (SSSR count). The number of rotatable bonds is 5. The molecule has 1 fully saturated rings. The molecular formula is C25H26IN7O. The fourth-order valence-corrected chi connectivity index (χ4v) is 4.53. The van der Waals surface area contributed by atoms with Gasteiger partial charge in [0.05, 0.1) is 11.1 Å². The van der Waals surface area contributed by atoms with E-state index in [1.54, 1.807) is 6.33 Å². The molecule has 1 N–H and O–H groups in total. The second-order valence-electron chi connectivity index (χ2n) is 8.63. The van der Waals surface area contributed by atoms with Crippen LogP contribution in [0.25, 0.3) is 16.7 Å². The predicted octanol–water partition coefficient (Wildman–Crippen LogP) is 3.17. The van der Waals surface area contributed by atoms with Gasteiger partial charge in [-0.2, -0.15) is 0 Å². The molecule has 1 amide bonds. The standard InChI is InChI=1S/C25H26IN7O/c1-17-3-9-20(10-4-17)33-14-21-23(30-33)28-16-29-24(21)32-12-11-31(2)22(15-32)25(34)27-13-18-5-7-19(26)8-6-18/h3-10,14,16,22H,11-13,15H2,1-2H3,(H,27,34)/t22-/m0/s1. The molecule has 4 aromatic rings. The normalized spacial score (nSPS) is 16.7. The first kappa shape index (κ1) is 22.7. The number of aryl methyl sites for hydroxylation is 1. The zero-order valence-corrected chi connectivity index (χ0v) is 21.3. The molecular weight excluding hydrogens is 541 g/mol. The fraction of sp³-hybridized carbons (Fsp3) is 0.280. The van der Waals surface area contributed by atoms with Crippen LogP contribution in [0.5, 0.6) is 0 Å². The zero-order chi connectivity index (χ0) is 23.7. The number of likely N-dealkylation sites (N-methyl/N-ethyl adjacent to an activating group) is 1. The Morgan fingerprint density at radius 1 is 1.09 bits per heavy atom. The van der Waals surface area contributed by atoms with Gasteiger partial charge in [0.25, 0.3) is 0 Å². The topological polar surface area (TPSA) is 79.2 Å². The number of piperazine rings is 1. The van der Waals surface area contributed by atoms with E-state index in [1.165, 1.54) is 9.13 Å². The first-order chi connectivity index (χ1) is 16.5. The van der Waals surface area contributed by atoms with Crippen molar-refractivity contribution < 1.29 is 4.79 Å². The van der Waals surface area contributed by atoms with Gasteiger partial charge in [-0.05, 0) is 66.4 Å². The minimum atomic E-state index is -0.269. The highest BCUT2D eigenvalue weighted by Crippen LogP contribution is 2.25. The van der Waals surface area contributed by atoms with Gasteiger partial charge in [-0.1, -0.05) is 29.8 Å². The van der Waals surface area contributed by atoms with E-state index in [9.17, 15) is 4.79 Å². The third kappa shape index (κ3) is 4.76. The highest BCUT2D eigenvalue weighted by Gasteiger charge is 2.31. The van der Waals surface area contributed by atoms with Gasteiger partial charge in [0.15, 0.2) is 5.65 Å². The lowest BCUT2D eigenvalue weighted by Gasteiger charge is -2.39. The van der Waals surface area contributed by atoms with E-state index in [-0.39, 0.29) is 11.9 Å². The summed E-state index contributed by atoms with van der Waals surface area (Å²) in [6.07, 6.45) is 3.52. The minimum absolute atomic E-state index is 0.0198. The number of hydrogen-bond acceptors (Lipinski definition) is 6. The van der Waals surface area contributed by atoms with E-state index in [1.807, 2.05) is 54.3 Å². The van der Waals surface area contributed by atoms with Crippen LogP contribution in [0.3, 0.4) is 0 Å². The molecule has 1 saturated heterocycles. The molecule has 0 saturated carbocycles. The van der Waals surface area contributed by atoms with Crippen LogP contribution in [0.1, 0.15) is 11.1 Å². The molecule has 34 heavy (non-hydrogen) atoms. The third-order valence-electron chi connectivity index (χ3n) is 6.22. The van der Waals surface area contributed by atoms with Crippen molar-refractivity contribution in [2.45, 2.75) is 19.5 Å². The van der Waals surface area contributed by atoms with Gasteiger partial charge in [0.2, 0.25) is 5.91 Å². The van der Waals surface area contributed by atoms with E-state index in [0.717, 1.165) is 35.5 Å². The number of halogens is 1. The summed E-state index contributed by atoms with van der Waals surface area (Å²) in [5.74, 6) is 0.832. The molecule has 1 aliphatic heterocycles. The predicted molar refractivity (Wildman–Crippen MR) is 141 cm³/mol. The highest BCUT2D eigenvalue weighted by molar-refractivity contribution is 14.1. The van der Waals surface area contributed by atoms with Gasteiger partial charge in [-0.25, -0.2) is 14.6 Å². The van der Waals surface area contributed by atoms with Crippen LogP contribution >= 0.6 is 22.6 Å². The Balaban J connectivity index is 1.35. The maximum Gasteiger partial charge on any atom is 0.239 e. The van der Waals surface area contributed by atoms with Crippen LogP contribution in [-0.2, 0) is 11.3 Å². The van der Waals surface area contributed by atoms with Crippen molar-refractivity contribution in [3.05, 3.63) is 75.8 Å². The molecule has 0 bridgehead atoms. The third-order valence-corrected chi connectivity index (χ3v) is 6.94. The molecule has 0 radical (unpaired) electrons. The summed E-state index contributed by atoms with van der Waals surface area (Å²) in [4.78, 5) is 26.3. The first-order valence-electron chi connectivity index (χ1n) is 11.2. The van der Waals surface area contributed by atoms with Crippen LogP contribution in [0, 0.1) is 10.5 Å². The van der Waals surface area contributed by atoms with Crippen LogP contribution < -0.4 is 10.2 Å². The lowest BCUT2D eigenvalue weighted by molar-refractivity contribution is -0.126. The maximum absolute atomic E-state index is 13.1. The lowest BCUT2D eigenvalue weighted by atomic mass is 10.1. The second-order valence-corrected chi connectivity index (χ2v) is 9.88. The van der Waals surface area contributed by atoms with Gasteiger partial charge in [0.1, 0.15) is 18.2 Å². The van der Waals surface area contributed by atoms with E-state index in [4.69, 9.17) is 0 Å². The number of carbonyl (C=O) groups is 1. The summed E-state index contributed by atoms with van der Waals surface area (Å²) < 4.78 is 3.01. The van der Waals surface area contributed by atoms with Crippen LogP contribution in [-0.4, -0.2) is 63.3 Å². The molecule has 9 heteroatoms. The smallest absolute Gasteiger partial charge is 0.239 e. The van der Waals surface area contributed by atoms with Crippen LogP contribution in [0.4, 0.5) is 5.82 Å². The van der Waals surface area contributed by atoms with Crippen LogP contribution in [0.15, 0.2) is 61.1 Å². The minimum Gasteiger partial charge on any atom is -0.353 e. The second kappa shape index (κ2) is 9.67. The summed E-state index contributed by atoms with van der Waals surface area (Å²) in [6.45, 7) is 4.67. The largest absolute Gasteiger partial charge is 0.353 e. The van der Waals surface area contributed by atoms with Crippen molar-refractivity contribution in [3.63, 3.8) is 0 Å². The number of fused-ring (bicyclic) bond motifs is 1. The molecule has 2 aromatic heterocycles. The lowest BCUT2D eigenvalue weighted by Crippen LogP contribution is -2.57. The Morgan fingerprint density at radius 2 is 1.85 bits per heavy atom. The summed E-state index contributed by atoms with van der Waals surface area (Å²) >= 11 is 2.28. The molecule has 8 nitrogen and oxygen atoms in total. The molecule has 0 unspecified atom stereocenters. The van der Waals surface area contributed by atoms with Crippen molar-refractivity contribution in [1.82, 2.24) is 30.0 Å². The Hall–Kier alpha value is -3.05.